The van der Waals surface area contributed by atoms with E-state index in [1.165, 1.54) is 0 Å². The molecule has 1 spiro atoms. The van der Waals surface area contributed by atoms with E-state index in [9.17, 15) is 4.79 Å². The van der Waals surface area contributed by atoms with E-state index in [0.29, 0.717) is 17.8 Å². The van der Waals surface area contributed by atoms with Crippen molar-refractivity contribution in [2.45, 2.75) is 51.1 Å². The molecule has 0 saturated heterocycles. The molecule has 1 aromatic carbocycles. The second kappa shape index (κ2) is 7.55. The zero-order valence-corrected chi connectivity index (χ0v) is 18.3. The smallest absolute Gasteiger partial charge is 0.287 e. The van der Waals surface area contributed by atoms with Gasteiger partial charge in [0, 0.05) is 31.6 Å². The van der Waals surface area contributed by atoms with E-state index in [1.54, 1.807) is 6.07 Å². The van der Waals surface area contributed by atoms with Crippen molar-refractivity contribution >= 4 is 28.6 Å². The largest absolute Gasteiger partial charge is 0.456 e. The van der Waals surface area contributed by atoms with Crippen LogP contribution in [0.2, 0.25) is 0 Å². The summed E-state index contributed by atoms with van der Waals surface area (Å²) in [5.41, 5.74) is 1.20. The number of amides is 1. The van der Waals surface area contributed by atoms with Crippen molar-refractivity contribution in [3.8, 4) is 0 Å². The minimum absolute atomic E-state index is 0.101. The van der Waals surface area contributed by atoms with Gasteiger partial charge in [0.2, 0.25) is 5.95 Å². The first kappa shape index (κ1) is 19.8. The molecule has 2 N–H and O–H groups in total. The quantitative estimate of drug-likeness (QED) is 0.647. The highest BCUT2D eigenvalue weighted by atomic mass is 16.3. The van der Waals surface area contributed by atoms with E-state index < -0.39 is 0 Å². The first-order chi connectivity index (χ1) is 14.9. The summed E-state index contributed by atoms with van der Waals surface area (Å²) in [7, 11) is 4.02. The van der Waals surface area contributed by atoms with E-state index in [1.807, 2.05) is 50.2 Å². The lowest BCUT2D eigenvalue weighted by Crippen LogP contribution is -2.34. The van der Waals surface area contributed by atoms with Gasteiger partial charge in [-0.05, 0) is 68.7 Å². The summed E-state index contributed by atoms with van der Waals surface area (Å²) in [6.45, 7) is 1.85. The van der Waals surface area contributed by atoms with Crippen molar-refractivity contribution in [2.24, 2.45) is 5.41 Å². The monoisotopic (exact) mass is 419 g/mol. The van der Waals surface area contributed by atoms with Crippen LogP contribution in [0.4, 0.5) is 11.8 Å². The fourth-order valence-electron chi connectivity index (χ4n) is 4.88. The van der Waals surface area contributed by atoms with Crippen LogP contribution in [-0.4, -0.2) is 42.1 Å². The number of para-hydroxylation sites is 1. The molecular formula is C24H29N5O2. The highest BCUT2D eigenvalue weighted by molar-refractivity contribution is 5.92. The third-order valence-electron chi connectivity index (χ3n) is 6.78. The van der Waals surface area contributed by atoms with E-state index in [0.717, 1.165) is 54.6 Å². The number of furan rings is 1. The van der Waals surface area contributed by atoms with Crippen molar-refractivity contribution in [2.75, 3.05) is 24.3 Å². The minimum Gasteiger partial charge on any atom is -0.456 e. The number of nitrogens with zero attached hydrogens (tertiary/aromatic N) is 3. The molecule has 1 atom stereocenters. The molecule has 2 saturated carbocycles. The lowest BCUT2D eigenvalue weighted by atomic mass is 9.83. The Hall–Kier alpha value is -3.09. The van der Waals surface area contributed by atoms with Crippen LogP contribution >= 0.6 is 0 Å². The van der Waals surface area contributed by atoms with Crippen LogP contribution in [0.1, 0.15) is 48.4 Å². The van der Waals surface area contributed by atoms with Gasteiger partial charge in [-0.3, -0.25) is 4.79 Å². The summed E-state index contributed by atoms with van der Waals surface area (Å²) >= 11 is 0. The van der Waals surface area contributed by atoms with Gasteiger partial charge < -0.3 is 20.0 Å². The lowest BCUT2D eigenvalue weighted by Gasteiger charge is -2.30. The molecule has 2 aliphatic carbocycles. The topological polar surface area (TPSA) is 83.3 Å². The van der Waals surface area contributed by atoms with E-state index >= 15 is 0 Å². The van der Waals surface area contributed by atoms with Crippen LogP contribution < -0.4 is 15.5 Å². The van der Waals surface area contributed by atoms with Gasteiger partial charge in [-0.2, -0.15) is 4.98 Å². The number of carbonyl (C=O) groups is 1. The summed E-state index contributed by atoms with van der Waals surface area (Å²) in [5, 5.41) is 7.79. The SMILES string of the molecule is Cc1ccc(C(=O)NC2CC23CCC(Nc2nc(N(C)C)c4ccccc4n2)CC3)o1. The molecule has 2 aliphatic rings. The standard InChI is InChI=1S/C24H29N5O2/c1-15-8-9-19(31-15)22(30)27-20-14-24(20)12-10-16(11-13-24)25-23-26-18-7-5-4-6-17(18)21(28-23)29(2)3/h4-9,16,20H,10-14H2,1-3H3,(H,27,30)(H,25,26,28). The van der Waals surface area contributed by atoms with Crippen molar-refractivity contribution in [3.05, 3.63) is 47.9 Å². The molecule has 2 fully saturated rings. The first-order valence-corrected chi connectivity index (χ1v) is 11.0. The molecule has 0 aliphatic heterocycles. The maximum Gasteiger partial charge on any atom is 0.287 e. The molecule has 0 radical (unpaired) electrons. The van der Waals surface area contributed by atoms with Gasteiger partial charge in [0.15, 0.2) is 5.76 Å². The number of rotatable bonds is 5. The predicted molar refractivity (Wildman–Crippen MR) is 121 cm³/mol. The van der Waals surface area contributed by atoms with Gasteiger partial charge in [0.25, 0.3) is 5.91 Å². The highest BCUT2D eigenvalue weighted by Crippen LogP contribution is 2.56. The zero-order valence-electron chi connectivity index (χ0n) is 18.3. The number of carbonyl (C=O) groups excluding carboxylic acids is 1. The Bertz CT molecular complexity index is 1110. The molecule has 5 rings (SSSR count). The average Bonchev–Trinajstić information content (AvgIpc) is 3.20. The number of hydrogen-bond acceptors (Lipinski definition) is 6. The van der Waals surface area contributed by atoms with E-state index in [2.05, 4.69) is 16.7 Å². The fraction of sp³-hybridized carbons (Fsp3) is 0.458. The molecule has 31 heavy (non-hydrogen) atoms. The van der Waals surface area contributed by atoms with E-state index in [4.69, 9.17) is 14.4 Å². The molecule has 162 valence electrons. The number of hydrogen-bond donors (Lipinski definition) is 2. The molecule has 3 aromatic rings. The van der Waals surface area contributed by atoms with Crippen LogP contribution in [0.5, 0.6) is 0 Å². The van der Waals surface area contributed by atoms with Crippen molar-refractivity contribution in [1.29, 1.82) is 0 Å². The van der Waals surface area contributed by atoms with E-state index in [-0.39, 0.29) is 17.4 Å². The summed E-state index contributed by atoms with van der Waals surface area (Å²) in [6.07, 6.45) is 5.36. The molecule has 1 unspecified atom stereocenters. The van der Waals surface area contributed by atoms with Gasteiger partial charge in [0.1, 0.15) is 11.6 Å². The minimum atomic E-state index is -0.101. The second-order valence-electron chi connectivity index (χ2n) is 9.20. The van der Waals surface area contributed by atoms with Gasteiger partial charge >= 0.3 is 0 Å². The Balaban J connectivity index is 1.21. The Labute approximate surface area is 182 Å². The van der Waals surface area contributed by atoms with Crippen molar-refractivity contribution in [3.63, 3.8) is 0 Å². The number of anilines is 2. The maximum absolute atomic E-state index is 12.4. The molecule has 2 heterocycles. The number of benzene rings is 1. The molecule has 7 heteroatoms. The predicted octanol–water partition coefficient (Wildman–Crippen LogP) is 4.14. The normalized spacial score (nSPS) is 24.9. The van der Waals surface area contributed by atoms with Crippen LogP contribution in [0, 0.1) is 12.3 Å². The maximum atomic E-state index is 12.4. The Morgan fingerprint density at radius 1 is 1.13 bits per heavy atom. The van der Waals surface area contributed by atoms with Crippen molar-refractivity contribution in [1.82, 2.24) is 15.3 Å². The molecule has 1 amide bonds. The third kappa shape index (κ3) is 3.84. The fourth-order valence-corrected chi connectivity index (χ4v) is 4.88. The molecule has 7 nitrogen and oxygen atoms in total. The number of aryl methyl sites for hydroxylation is 1. The van der Waals surface area contributed by atoms with Gasteiger partial charge in [0.05, 0.1) is 5.52 Å². The van der Waals surface area contributed by atoms with Crippen LogP contribution in [0.15, 0.2) is 40.8 Å². The molecule has 0 bridgehead atoms. The average molecular weight is 420 g/mol. The van der Waals surface area contributed by atoms with Crippen molar-refractivity contribution < 1.29 is 9.21 Å². The molecule has 2 aromatic heterocycles. The van der Waals surface area contributed by atoms with Gasteiger partial charge in [-0.15, -0.1) is 0 Å². The molecular weight excluding hydrogens is 390 g/mol. The highest BCUT2D eigenvalue weighted by Gasteiger charge is 2.55. The number of fused-ring (bicyclic) bond motifs is 1. The summed E-state index contributed by atoms with van der Waals surface area (Å²) in [5.74, 6) is 2.68. The lowest BCUT2D eigenvalue weighted by molar-refractivity contribution is 0.0912. The Morgan fingerprint density at radius 3 is 2.61 bits per heavy atom. The van der Waals surface area contributed by atoms with Crippen LogP contribution in [0.3, 0.4) is 0 Å². The third-order valence-corrected chi connectivity index (χ3v) is 6.78. The van der Waals surface area contributed by atoms with Gasteiger partial charge in [-0.25, -0.2) is 4.98 Å². The number of nitrogens with one attached hydrogen (secondary N) is 2. The van der Waals surface area contributed by atoms with Crippen LogP contribution in [-0.2, 0) is 0 Å². The Morgan fingerprint density at radius 2 is 1.90 bits per heavy atom. The summed E-state index contributed by atoms with van der Waals surface area (Å²) in [4.78, 5) is 23.9. The van der Waals surface area contributed by atoms with Crippen LogP contribution in [0.25, 0.3) is 10.9 Å². The van der Waals surface area contributed by atoms with Gasteiger partial charge in [-0.1, -0.05) is 12.1 Å². The zero-order chi connectivity index (χ0) is 21.6. The number of aromatic nitrogens is 2. The Kier molecular flexibility index (Phi) is 4.84. The summed E-state index contributed by atoms with van der Waals surface area (Å²) in [6, 6.07) is 12.3. The first-order valence-electron chi connectivity index (χ1n) is 11.0. The second-order valence-corrected chi connectivity index (χ2v) is 9.20. The summed E-state index contributed by atoms with van der Waals surface area (Å²) < 4.78 is 5.45.